The zero-order valence-electron chi connectivity index (χ0n) is 6.63. The lowest BCUT2D eigenvalue weighted by atomic mass is 10.0. The predicted octanol–water partition coefficient (Wildman–Crippen LogP) is 2.44. The Balaban J connectivity index is 3.17. The highest BCUT2D eigenvalue weighted by atomic mass is 35.5. The van der Waals surface area contributed by atoms with Crippen LogP contribution in [-0.2, 0) is 0 Å². The number of hydrogen-bond acceptors (Lipinski definition) is 2. The fraction of sp³-hybridized carbons (Fsp3) is 0.375. The van der Waals surface area contributed by atoms with Crippen molar-refractivity contribution in [2.24, 2.45) is 0 Å². The smallest absolute Gasteiger partial charge is 0.0821 e. The number of nitrogens with zero attached hydrogens (tertiary/aromatic N) is 1. The molecule has 1 aromatic heterocycles. The molecule has 0 unspecified atom stereocenters. The van der Waals surface area contributed by atoms with Crippen molar-refractivity contribution in [2.75, 3.05) is 5.73 Å². The maximum Gasteiger partial charge on any atom is 0.0821 e. The van der Waals surface area contributed by atoms with E-state index in [0.717, 1.165) is 5.56 Å². The average Bonchev–Trinajstić information content (AvgIpc) is 1.94. The normalized spacial score (nSPS) is 10.5. The summed E-state index contributed by atoms with van der Waals surface area (Å²) in [6.45, 7) is 4.12. The van der Waals surface area contributed by atoms with E-state index in [1.54, 1.807) is 12.4 Å². The van der Waals surface area contributed by atoms with Gasteiger partial charge in [-0.15, -0.1) is 0 Å². The first kappa shape index (κ1) is 8.34. The van der Waals surface area contributed by atoms with Crippen LogP contribution in [0.4, 0.5) is 5.69 Å². The van der Waals surface area contributed by atoms with Crippen LogP contribution in [-0.4, -0.2) is 4.98 Å². The molecule has 0 atom stereocenters. The van der Waals surface area contributed by atoms with Gasteiger partial charge in [0.1, 0.15) is 0 Å². The summed E-state index contributed by atoms with van der Waals surface area (Å²) in [7, 11) is 0. The van der Waals surface area contributed by atoms with Gasteiger partial charge in [0.15, 0.2) is 0 Å². The first-order chi connectivity index (χ1) is 5.13. The molecule has 2 nitrogen and oxygen atoms in total. The summed E-state index contributed by atoms with van der Waals surface area (Å²) < 4.78 is 0. The Hall–Kier alpha value is -0.760. The van der Waals surface area contributed by atoms with Gasteiger partial charge in [-0.1, -0.05) is 25.4 Å². The number of nitrogens with two attached hydrogens (primary N) is 1. The molecule has 0 fully saturated rings. The summed E-state index contributed by atoms with van der Waals surface area (Å²) in [6.07, 6.45) is 3.31. The van der Waals surface area contributed by atoms with Gasteiger partial charge in [-0.25, -0.2) is 0 Å². The number of nitrogen functional groups attached to an aromatic ring is 1. The van der Waals surface area contributed by atoms with Gasteiger partial charge in [-0.05, 0) is 11.5 Å². The lowest BCUT2D eigenvalue weighted by Crippen LogP contribution is -1.97. The Labute approximate surface area is 71.4 Å². The molecule has 1 heterocycles. The molecule has 1 rings (SSSR count). The summed E-state index contributed by atoms with van der Waals surface area (Å²) in [4.78, 5) is 3.95. The maximum absolute atomic E-state index is 5.77. The molecule has 0 aliphatic heterocycles. The Morgan fingerprint density at radius 3 is 2.55 bits per heavy atom. The van der Waals surface area contributed by atoms with Crippen molar-refractivity contribution in [1.82, 2.24) is 4.98 Å². The Morgan fingerprint density at radius 2 is 2.09 bits per heavy atom. The molecule has 0 amide bonds. The second-order valence-corrected chi connectivity index (χ2v) is 3.19. The molecule has 0 bridgehead atoms. The molecule has 0 aliphatic rings. The zero-order chi connectivity index (χ0) is 8.43. The van der Waals surface area contributed by atoms with Gasteiger partial charge in [-0.3, -0.25) is 4.98 Å². The van der Waals surface area contributed by atoms with Crippen LogP contribution in [0.1, 0.15) is 25.3 Å². The second kappa shape index (κ2) is 3.09. The van der Waals surface area contributed by atoms with Crippen molar-refractivity contribution in [3.05, 3.63) is 23.0 Å². The van der Waals surface area contributed by atoms with Gasteiger partial charge in [0.2, 0.25) is 0 Å². The first-order valence-corrected chi connectivity index (χ1v) is 3.89. The van der Waals surface area contributed by atoms with Gasteiger partial charge in [0.05, 0.1) is 10.7 Å². The molecule has 0 saturated carbocycles. The summed E-state index contributed by atoms with van der Waals surface area (Å²) >= 11 is 5.77. The standard InChI is InChI=1S/C8H11ClN2/c1-5(2)6-3-11-4-7(9)8(6)10/h3-5H,1-2H3,(H2,10,11). The molecule has 60 valence electrons. The van der Waals surface area contributed by atoms with Crippen LogP contribution in [0.2, 0.25) is 5.02 Å². The fourth-order valence-corrected chi connectivity index (χ4v) is 1.09. The van der Waals surface area contributed by atoms with E-state index in [-0.39, 0.29) is 0 Å². The van der Waals surface area contributed by atoms with E-state index in [0.29, 0.717) is 16.6 Å². The second-order valence-electron chi connectivity index (χ2n) is 2.78. The number of aromatic nitrogens is 1. The average molecular weight is 171 g/mol. The highest BCUT2D eigenvalue weighted by Crippen LogP contribution is 2.26. The van der Waals surface area contributed by atoms with E-state index < -0.39 is 0 Å². The van der Waals surface area contributed by atoms with E-state index in [1.165, 1.54) is 0 Å². The maximum atomic E-state index is 5.77. The monoisotopic (exact) mass is 170 g/mol. The van der Waals surface area contributed by atoms with E-state index in [9.17, 15) is 0 Å². The van der Waals surface area contributed by atoms with Crippen LogP contribution in [0.3, 0.4) is 0 Å². The Bertz CT molecular complexity index is 258. The molecule has 0 aliphatic carbocycles. The first-order valence-electron chi connectivity index (χ1n) is 3.51. The number of hydrogen-bond donors (Lipinski definition) is 1. The van der Waals surface area contributed by atoms with Crippen LogP contribution in [0.25, 0.3) is 0 Å². The number of anilines is 1. The third-order valence-electron chi connectivity index (χ3n) is 1.59. The highest BCUT2D eigenvalue weighted by molar-refractivity contribution is 6.33. The van der Waals surface area contributed by atoms with Crippen molar-refractivity contribution in [1.29, 1.82) is 0 Å². The fourth-order valence-electron chi connectivity index (χ4n) is 0.920. The van der Waals surface area contributed by atoms with Gasteiger partial charge < -0.3 is 5.73 Å². The third-order valence-corrected chi connectivity index (χ3v) is 1.89. The number of pyridine rings is 1. The lowest BCUT2D eigenvalue weighted by molar-refractivity contribution is 0.862. The van der Waals surface area contributed by atoms with Gasteiger partial charge in [-0.2, -0.15) is 0 Å². The number of rotatable bonds is 1. The molecule has 0 saturated heterocycles. The van der Waals surface area contributed by atoms with Crippen LogP contribution in [0.15, 0.2) is 12.4 Å². The van der Waals surface area contributed by atoms with E-state index >= 15 is 0 Å². The SMILES string of the molecule is CC(C)c1cncc(Cl)c1N. The molecule has 0 radical (unpaired) electrons. The molecule has 1 aromatic rings. The Morgan fingerprint density at radius 1 is 1.45 bits per heavy atom. The van der Waals surface area contributed by atoms with E-state index in [1.807, 2.05) is 0 Å². The minimum absolute atomic E-state index is 0.376. The third kappa shape index (κ3) is 1.63. The topological polar surface area (TPSA) is 38.9 Å². The summed E-state index contributed by atoms with van der Waals surface area (Å²) in [5.41, 5.74) is 7.37. The van der Waals surface area contributed by atoms with Crippen LogP contribution in [0.5, 0.6) is 0 Å². The van der Waals surface area contributed by atoms with E-state index in [4.69, 9.17) is 17.3 Å². The Kier molecular flexibility index (Phi) is 2.35. The minimum Gasteiger partial charge on any atom is -0.397 e. The lowest BCUT2D eigenvalue weighted by Gasteiger charge is -2.08. The largest absolute Gasteiger partial charge is 0.397 e. The molecule has 11 heavy (non-hydrogen) atoms. The van der Waals surface area contributed by atoms with Crippen LogP contribution >= 0.6 is 11.6 Å². The summed E-state index contributed by atoms with van der Waals surface area (Å²) in [5.74, 6) is 0.376. The summed E-state index contributed by atoms with van der Waals surface area (Å²) in [5, 5.41) is 0.538. The minimum atomic E-state index is 0.376. The van der Waals surface area contributed by atoms with Gasteiger partial charge in [0.25, 0.3) is 0 Å². The van der Waals surface area contributed by atoms with Crippen molar-refractivity contribution in [2.45, 2.75) is 19.8 Å². The van der Waals surface area contributed by atoms with Gasteiger partial charge in [0, 0.05) is 12.4 Å². The molecule has 0 aromatic carbocycles. The molecule has 2 N–H and O–H groups in total. The van der Waals surface area contributed by atoms with Crippen LogP contribution in [0, 0.1) is 0 Å². The number of halogens is 1. The highest BCUT2D eigenvalue weighted by Gasteiger charge is 2.06. The van der Waals surface area contributed by atoms with E-state index in [2.05, 4.69) is 18.8 Å². The molecular formula is C8H11ClN2. The molecular weight excluding hydrogens is 160 g/mol. The quantitative estimate of drug-likeness (QED) is 0.703. The molecule has 0 spiro atoms. The van der Waals surface area contributed by atoms with Crippen molar-refractivity contribution >= 4 is 17.3 Å². The van der Waals surface area contributed by atoms with Crippen molar-refractivity contribution < 1.29 is 0 Å². The van der Waals surface area contributed by atoms with Crippen LogP contribution < -0.4 is 5.73 Å². The summed E-state index contributed by atoms with van der Waals surface area (Å²) in [6, 6.07) is 0. The zero-order valence-corrected chi connectivity index (χ0v) is 7.39. The van der Waals surface area contributed by atoms with Gasteiger partial charge >= 0.3 is 0 Å². The molecule has 3 heteroatoms. The van der Waals surface area contributed by atoms with Crippen molar-refractivity contribution in [3.63, 3.8) is 0 Å². The van der Waals surface area contributed by atoms with Crippen molar-refractivity contribution in [3.8, 4) is 0 Å². The predicted molar refractivity (Wildman–Crippen MR) is 47.7 cm³/mol.